The maximum Gasteiger partial charge on any atom is 0.348 e. The van der Waals surface area contributed by atoms with Gasteiger partial charge < -0.3 is 10.1 Å². The van der Waals surface area contributed by atoms with E-state index >= 15 is 0 Å². The summed E-state index contributed by atoms with van der Waals surface area (Å²) in [6, 6.07) is 8.16. The number of halogens is 3. The maximum absolute atomic E-state index is 11.7. The topological polar surface area (TPSA) is 55.4 Å². The molecule has 1 heterocycles. The molecule has 1 aromatic heterocycles. The van der Waals surface area contributed by atoms with Gasteiger partial charge in [0.15, 0.2) is 6.61 Å². The van der Waals surface area contributed by atoms with Gasteiger partial charge in [0.2, 0.25) is 0 Å². The second-order valence-electron chi connectivity index (χ2n) is 3.85. The summed E-state index contributed by atoms with van der Waals surface area (Å²) >= 11 is 16.0. The zero-order chi connectivity index (χ0) is 15.4. The Morgan fingerprint density at radius 3 is 2.62 bits per heavy atom. The lowest BCUT2D eigenvalue weighted by Gasteiger charge is -2.07. The van der Waals surface area contributed by atoms with Crippen molar-refractivity contribution in [3.63, 3.8) is 0 Å². The van der Waals surface area contributed by atoms with E-state index in [1.165, 1.54) is 0 Å². The molecule has 1 aromatic carbocycles. The number of anilines is 1. The van der Waals surface area contributed by atoms with Crippen LogP contribution < -0.4 is 5.32 Å². The van der Waals surface area contributed by atoms with Crippen molar-refractivity contribution in [1.29, 1.82) is 0 Å². The number of esters is 1. The first-order valence-electron chi connectivity index (χ1n) is 5.63. The van der Waals surface area contributed by atoms with Crippen molar-refractivity contribution in [3.8, 4) is 0 Å². The van der Waals surface area contributed by atoms with Crippen molar-refractivity contribution in [3.05, 3.63) is 49.0 Å². The molecule has 0 saturated carbocycles. The Kier molecular flexibility index (Phi) is 5.64. The molecule has 0 aliphatic heterocycles. The molecular formula is C13H8BrCl2NO3S. The molecule has 0 saturated heterocycles. The van der Waals surface area contributed by atoms with Gasteiger partial charge in [0.25, 0.3) is 5.91 Å². The summed E-state index contributed by atoms with van der Waals surface area (Å²) < 4.78 is 6.16. The number of nitrogens with one attached hydrogen (secondary N) is 1. The van der Waals surface area contributed by atoms with Crippen LogP contribution in [0.2, 0.25) is 9.36 Å². The van der Waals surface area contributed by atoms with Crippen LogP contribution in [0.1, 0.15) is 9.67 Å². The Balaban J connectivity index is 1.89. The molecule has 8 heteroatoms. The van der Waals surface area contributed by atoms with Gasteiger partial charge in [-0.15, -0.1) is 11.3 Å². The third-order valence-corrected chi connectivity index (χ3v) is 4.33. The van der Waals surface area contributed by atoms with Crippen molar-refractivity contribution in [2.24, 2.45) is 0 Å². The molecule has 2 aromatic rings. The maximum atomic E-state index is 11.7. The summed E-state index contributed by atoms with van der Waals surface area (Å²) in [6.07, 6.45) is 0. The fourth-order valence-electron chi connectivity index (χ4n) is 1.40. The summed E-state index contributed by atoms with van der Waals surface area (Å²) in [7, 11) is 0. The van der Waals surface area contributed by atoms with Crippen LogP contribution in [0.5, 0.6) is 0 Å². The molecule has 0 spiro atoms. The normalized spacial score (nSPS) is 10.2. The van der Waals surface area contributed by atoms with Gasteiger partial charge in [-0.3, -0.25) is 4.79 Å². The van der Waals surface area contributed by atoms with Gasteiger partial charge in [0, 0.05) is 4.47 Å². The van der Waals surface area contributed by atoms with Crippen LogP contribution in [-0.4, -0.2) is 18.5 Å². The van der Waals surface area contributed by atoms with Gasteiger partial charge in [0.05, 0.1) is 15.0 Å². The predicted molar refractivity (Wildman–Crippen MR) is 87.4 cm³/mol. The van der Waals surface area contributed by atoms with Gasteiger partial charge in [0.1, 0.15) is 4.88 Å². The predicted octanol–water partition coefficient (Wildman–Crippen LogP) is 4.61. The fraction of sp³-hybridized carbons (Fsp3) is 0.0769. The molecule has 2 rings (SSSR count). The number of hydrogen-bond acceptors (Lipinski definition) is 4. The monoisotopic (exact) mass is 407 g/mol. The highest BCUT2D eigenvalue weighted by Crippen LogP contribution is 2.25. The fourth-order valence-corrected chi connectivity index (χ4v) is 3.06. The molecule has 1 N–H and O–H groups in total. The van der Waals surface area contributed by atoms with Crippen LogP contribution in [0.15, 0.2) is 34.8 Å². The van der Waals surface area contributed by atoms with Crippen LogP contribution in [0.25, 0.3) is 0 Å². The zero-order valence-electron chi connectivity index (χ0n) is 10.4. The molecule has 21 heavy (non-hydrogen) atoms. The average molecular weight is 409 g/mol. The first-order chi connectivity index (χ1) is 9.95. The van der Waals surface area contributed by atoms with Crippen LogP contribution in [0.4, 0.5) is 5.69 Å². The minimum absolute atomic E-state index is 0.342. The summed E-state index contributed by atoms with van der Waals surface area (Å²) in [5.74, 6) is -1.07. The molecule has 0 bridgehead atoms. The highest BCUT2D eigenvalue weighted by atomic mass is 79.9. The molecule has 110 valence electrons. The molecule has 0 aliphatic rings. The number of amides is 1. The lowest BCUT2D eigenvalue weighted by atomic mass is 10.3. The minimum atomic E-state index is -0.594. The third-order valence-electron chi connectivity index (χ3n) is 2.31. The number of thiophene rings is 1. The Morgan fingerprint density at radius 2 is 2.00 bits per heavy atom. The number of carbonyl (C=O) groups is 2. The Labute approximate surface area is 143 Å². The third kappa shape index (κ3) is 4.71. The molecule has 0 unspecified atom stereocenters. The molecule has 4 nitrogen and oxygen atoms in total. The standard InChI is InChI=1S/C13H8BrCl2NO3S/c14-7-1-2-9(8(15)5-7)17-12(18)6-20-13(19)10-3-4-11(16)21-10/h1-5H,6H2,(H,17,18). The Morgan fingerprint density at radius 1 is 1.24 bits per heavy atom. The lowest BCUT2D eigenvalue weighted by Crippen LogP contribution is -2.20. The van der Waals surface area contributed by atoms with Gasteiger partial charge in [-0.1, -0.05) is 39.1 Å². The van der Waals surface area contributed by atoms with E-state index in [-0.39, 0.29) is 0 Å². The first kappa shape index (κ1) is 16.3. The second-order valence-corrected chi connectivity index (χ2v) is 6.89. The Hall–Kier alpha value is -1.08. The summed E-state index contributed by atoms with van der Waals surface area (Å²) in [6.45, 7) is -0.402. The molecule has 0 fully saturated rings. The largest absolute Gasteiger partial charge is 0.451 e. The van der Waals surface area contributed by atoms with E-state index in [4.69, 9.17) is 27.9 Å². The SMILES string of the molecule is O=C(COC(=O)c1ccc(Cl)s1)Nc1ccc(Br)cc1Cl. The average Bonchev–Trinajstić information content (AvgIpc) is 2.86. The van der Waals surface area contributed by atoms with Crippen LogP contribution in [0, 0.1) is 0 Å². The quantitative estimate of drug-likeness (QED) is 0.751. The van der Waals surface area contributed by atoms with Crippen LogP contribution in [-0.2, 0) is 9.53 Å². The van der Waals surface area contributed by atoms with Gasteiger partial charge in [-0.25, -0.2) is 4.79 Å². The smallest absolute Gasteiger partial charge is 0.348 e. The summed E-state index contributed by atoms with van der Waals surface area (Å²) in [5.41, 5.74) is 0.445. The number of hydrogen-bond donors (Lipinski definition) is 1. The highest BCUT2D eigenvalue weighted by Gasteiger charge is 2.13. The zero-order valence-corrected chi connectivity index (χ0v) is 14.3. The van der Waals surface area contributed by atoms with E-state index in [0.29, 0.717) is 19.9 Å². The summed E-state index contributed by atoms with van der Waals surface area (Å²) in [5, 5.41) is 2.94. The van der Waals surface area contributed by atoms with Crippen molar-refractivity contribution >= 4 is 68.0 Å². The van der Waals surface area contributed by atoms with Crippen molar-refractivity contribution in [2.75, 3.05) is 11.9 Å². The van der Waals surface area contributed by atoms with Crippen LogP contribution in [0.3, 0.4) is 0 Å². The van der Waals surface area contributed by atoms with E-state index < -0.39 is 18.5 Å². The van der Waals surface area contributed by atoms with E-state index in [9.17, 15) is 9.59 Å². The van der Waals surface area contributed by atoms with E-state index in [0.717, 1.165) is 15.8 Å². The Bertz CT molecular complexity index is 690. The van der Waals surface area contributed by atoms with Crippen molar-refractivity contribution in [1.82, 2.24) is 0 Å². The molecule has 0 radical (unpaired) electrons. The van der Waals surface area contributed by atoms with E-state index in [1.807, 2.05) is 0 Å². The van der Waals surface area contributed by atoms with Crippen LogP contribution >= 0.6 is 50.5 Å². The lowest BCUT2D eigenvalue weighted by molar-refractivity contribution is -0.119. The van der Waals surface area contributed by atoms with Gasteiger partial charge >= 0.3 is 5.97 Å². The second kappa shape index (κ2) is 7.26. The van der Waals surface area contributed by atoms with E-state index in [1.54, 1.807) is 30.3 Å². The molecule has 0 aliphatic carbocycles. The molecule has 1 amide bonds. The highest BCUT2D eigenvalue weighted by molar-refractivity contribution is 9.10. The number of benzene rings is 1. The van der Waals surface area contributed by atoms with Crippen molar-refractivity contribution < 1.29 is 14.3 Å². The number of carbonyl (C=O) groups excluding carboxylic acids is 2. The van der Waals surface area contributed by atoms with E-state index in [2.05, 4.69) is 21.2 Å². The minimum Gasteiger partial charge on any atom is -0.451 e. The molecular weight excluding hydrogens is 401 g/mol. The van der Waals surface area contributed by atoms with Crippen molar-refractivity contribution in [2.45, 2.75) is 0 Å². The first-order valence-corrected chi connectivity index (χ1v) is 7.99. The number of ether oxygens (including phenoxy) is 1. The number of rotatable bonds is 4. The molecule has 0 atom stereocenters. The van der Waals surface area contributed by atoms with Gasteiger partial charge in [-0.05, 0) is 30.3 Å². The summed E-state index contributed by atoms with van der Waals surface area (Å²) in [4.78, 5) is 23.7. The van der Waals surface area contributed by atoms with Gasteiger partial charge in [-0.2, -0.15) is 0 Å².